The smallest absolute Gasteiger partial charge is 0.254 e. The van der Waals surface area contributed by atoms with Crippen LogP contribution in [0.15, 0.2) is 23.7 Å². The molecule has 0 saturated heterocycles. The van der Waals surface area contributed by atoms with Gasteiger partial charge in [-0.15, -0.1) is 11.3 Å². The number of aromatic nitrogens is 2. The third kappa shape index (κ3) is 3.54. The first kappa shape index (κ1) is 14.5. The van der Waals surface area contributed by atoms with Crippen molar-refractivity contribution in [1.82, 2.24) is 15.3 Å². The monoisotopic (exact) mass is 290 g/mol. The Morgan fingerprint density at radius 1 is 1.45 bits per heavy atom. The minimum absolute atomic E-state index is 0.121. The first-order valence-electron chi connectivity index (χ1n) is 6.39. The van der Waals surface area contributed by atoms with Crippen LogP contribution >= 0.6 is 11.3 Å². The summed E-state index contributed by atoms with van der Waals surface area (Å²) < 4.78 is 0. The molecule has 2 aromatic rings. The maximum absolute atomic E-state index is 12.1. The lowest BCUT2D eigenvalue weighted by Crippen LogP contribution is -2.27. The number of carbonyl (C=O) groups is 1. The van der Waals surface area contributed by atoms with Crippen molar-refractivity contribution in [3.8, 4) is 0 Å². The molecule has 0 spiro atoms. The molecule has 0 aromatic carbocycles. The van der Waals surface area contributed by atoms with Gasteiger partial charge >= 0.3 is 0 Å². The fourth-order valence-corrected chi connectivity index (χ4v) is 2.45. The van der Waals surface area contributed by atoms with Gasteiger partial charge in [-0.3, -0.25) is 4.79 Å². The molecule has 0 fully saturated rings. The van der Waals surface area contributed by atoms with Gasteiger partial charge in [-0.25, -0.2) is 9.97 Å². The van der Waals surface area contributed by atoms with Crippen LogP contribution in [0.4, 0.5) is 5.95 Å². The summed E-state index contributed by atoms with van der Waals surface area (Å²) in [4.78, 5) is 23.6. The van der Waals surface area contributed by atoms with Crippen molar-refractivity contribution in [3.05, 3.63) is 39.8 Å². The standard InChI is InChI=1S/C14H18N4OS/c1-10-12(9-16-14(17-10)18(2)3)13(19)15-7-6-11-5-4-8-20-11/h4-5,8-9H,6-7H2,1-3H3,(H,15,19). The third-order valence-corrected chi connectivity index (χ3v) is 3.78. The molecule has 1 N–H and O–H groups in total. The number of nitrogens with zero attached hydrogens (tertiary/aromatic N) is 3. The number of aryl methyl sites for hydroxylation is 1. The van der Waals surface area contributed by atoms with Crippen molar-refractivity contribution in [2.45, 2.75) is 13.3 Å². The Labute approximate surface area is 122 Å². The van der Waals surface area contributed by atoms with Crippen LogP contribution in [0.1, 0.15) is 20.9 Å². The molecule has 0 radical (unpaired) electrons. The van der Waals surface area contributed by atoms with Crippen LogP contribution in [0.25, 0.3) is 0 Å². The van der Waals surface area contributed by atoms with E-state index in [0.717, 1.165) is 6.42 Å². The zero-order valence-corrected chi connectivity index (χ0v) is 12.7. The molecule has 2 rings (SSSR count). The molecule has 5 nitrogen and oxygen atoms in total. The van der Waals surface area contributed by atoms with Crippen LogP contribution in [0.5, 0.6) is 0 Å². The zero-order chi connectivity index (χ0) is 14.5. The summed E-state index contributed by atoms with van der Waals surface area (Å²) in [6.45, 7) is 2.44. The molecule has 0 atom stereocenters. The summed E-state index contributed by atoms with van der Waals surface area (Å²) in [5, 5.41) is 4.94. The highest BCUT2D eigenvalue weighted by Gasteiger charge is 2.12. The van der Waals surface area contributed by atoms with Crippen molar-refractivity contribution in [1.29, 1.82) is 0 Å². The Morgan fingerprint density at radius 3 is 2.85 bits per heavy atom. The normalized spacial score (nSPS) is 10.3. The number of carbonyl (C=O) groups excluding carboxylic acids is 1. The second-order valence-corrected chi connectivity index (χ2v) is 5.68. The minimum atomic E-state index is -0.121. The highest BCUT2D eigenvalue weighted by molar-refractivity contribution is 7.09. The Balaban J connectivity index is 1.95. The molecule has 0 saturated carbocycles. The number of hydrogen-bond donors (Lipinski definition) is 1. The summed E-state index contributed by atoms with van der Waals surface area (Å²) in [6.07, 6.45) is 2.43. The third-order valence-electron chi connectivity index (χ3n) is 2.85. The molecule has 2 heterocycles. The predicted molar refractivity (Wildman–Crippen MR) is 81.5 cm³/mol. The molecule has 6 heteroatoms. The lowest BCUT2D eigenvalue weighted by Gasteiger charge is -2.12. The Morgan fingerprint density at radius 2 is 2.25 bits per heavy atom. The quantitative estimate of drug-likeness (QED) is 0.913. The number of hydrogen-bond acceptors (Lipinski definition) is 5. The highest BCUT2D eigenvalue weighted by Crippen LogP contribution is 2.10. The van der Waals surface area contributed by atoms with Gasteiger partial charge in [0, 0.05) is 31.7 Å². The average molecular weight is 290 g/mol. The van der Waals surface area contributed by atoms with Crippen LogP contribution in [0.3, 0.4) is 0 Å². The van der Waals surface area contributed by atoms with Crippen molar-refractivity contribution in [2.75, 3.05) is 25.5 Å². The molecule has 2 aromatic heterocycles. The highest BCUT2D eigenvalue weighted by atomic mass is 32.1. The van der Waals surface area contributed by atoms with E-state index in [1.54, 1.807) is 17.5 Å². The van der Waals surface area contributed by atoms with Crippen LogP contribution in [0, 0.1) is 6.92 Å². The fourth-order valence-electron chi connectivity index (χ4n) is 1.74. The van der Waals surface area contributed by atoms with Crippen molar-refractivity contribution >= 4 is 23.2 Å². The van der Waals surface area contributed by atoms with Crippen LogP contribution in [-0.4, -0.2) is 36.5 Å². The molecule has 20 heavy (non-hydrogen) atoms. The van der Waals surface area contributed by atoms with E-state index in [4.69, 9.17) is 0 Å². The van der Waals surface area contributed by atoms with Crippen molar-refractivity contribution in [2.24, 2.45) is 0 Å². The Kier molecular flexibility index (Phi) is 4.68. The van der Waals surface area contributed by atoms with Crippen LogP contribution in [0.2, 0.25) is 0 Å². The summed E-state index contributed by atoms with van der Waals surface area (Å²) in [7, 11) is 3.74. The lowest BCUT2D eigenvalue weighted by molar-refractivity contribution is 0.0953. The number of amides is 1. The predicted octanol–water partition coefficient (Wildman–Crippen LogP) is 1.89. The van der Waals surface area contributed by atoms with Crippen LogP contribution < -0.4 is 10.2 Å². The molecule has 0 unspecified atom stereocenters. The summed E-state index contributed by atoms with van der Waals surface area (Å²) >= 11 is 1.70. The van der Waals surface area contributed by atoms with Gasteiger partial charge < -0.3 is 10.2 Å². The molecule has 0 aliphatic rings. The second kappa shape index (κ2) is 6.47. The minimum Gasteiger partial charge on any atom is -0.352 e. The van der Waals surface area contributed by atoms with Gasteiger partial charge in [-0.1, -0.05) is 6.07 Å². The molecule has 0 aliphatic heterocycles. The Hall–Kier alpha value is -1.95. The van der Waals surface area contributed by atoms with E-state index >= 15 is 0 Å². The average Bonchev–Trinajstić information content (AvgIpc) is 2.91. The van der Waals surface area contributed by atoms with Crippen molar-refractivity contribution < 1.29 is 4.79 Å². The van der Waals surface area contributed by atoms with Gasteiger partial charge in [0.2, 0.25) is 5.95 Å². The number of thiophene rings is 1. The first-order chi connectivity index (χ1) is 9.58. The van der Waals surface area contributed by atoms with E-state index in [1.807, 2.05) is 37.4 Å². The number of nitrogens with one attached hydrogen (secondary N) is 1. The topological polar surface area (TPSA) is 58.1 Å². The van der Waals surface area contributed by atoms with E-state index in [0.29, 0.717) is 23.8 Å². The van der Waals surface area contributed by atoms with Gasteiger partial charge in [0.25, 0.3) is 5.91 Å². The van der Waals surface area contributed by atoms with Crippen LogP contribution in [-0.2, 0) is 6.42 Å². The SMILES string of the molecule is Cc1nc(N(C)C)ncc1C(=O)NCCc1cccs1. The van der Waals surface area contributed by atoms with Gasteiger partial charge in [0.05, 0.1) is 11.3 Å². The maximum atomic E-state index is 12.1. The van der Waals surface area contributed by atoms with E-state index in [1.165, 1.54) is 4.88 Å². The number of rotatable bonds is 5. The fraction of sp³-hybridized carbons (Fsp3) is 0.357. The first-order valence-corrected chi connectivity index (χ1v) is 7.27. The molecule has 106 valence electrons. The molecule has 0 aliphatic carbocycles. The molecular formula is C14H18N4OS. The summed E-state index contributed by atoms with van der Waals surface area (Å²) in [6, 6.07) is 4.08. The zero-order valence-electron chi connectivity index (χ0n) is 11.9. The Bertz CT molecular complexity index is 581. The largest absolute Gasteiger partial charge is 0.352 e. The van der Waals surface area contributed by atoms with Gasteiger partial charge in [0.1, 0.15) is 0 Å². The van der Waals surface area contributed by atoms with E-state index in [2.05, 4.69) is 21.4 Å². The summed E-state index contributed by atoms with van der Waals surface area (Å²) in [5.74, 6) is 0.488. The van der Waals surface area contributed by atoms with E-state index in [-0.39, 0.29) is 5.91 Å². The van der Waals surface area contributed by atoms with Crippen molar-refractivity contribution in [3.63, 3.8) is 0 Å². The van der Waals surface area contributed by atoms with Gasteiger partial charge in [-0.2, -0.15) is 0 Å². The van der Waals surface area contributed by atoms with E-state index < -0.39 is 0 Å². The summed E-state index contributed by atoms with van der Waals surface area (Å²) in [5.41, 5.74) is 1.22. The maximum Gasteiger partial charge on any atom is 0.254 e. The lowest BCUT2D eigenvalue weighted by atomic mass is 10.2. The molecular weight excluding hydrogens is 272 g/mol. The second-order valence-electron chi connectivity index (χ2n) is 4.65. The van der Waals surface area contributed by atoms with Gasteiger partial charge in [-0.05, 0) is 24.8 Å². The number of anilines is 1. The van der Waals surface area contributed by atoms with Gasteiger partial charge in [0.15, 0.2) is 0 Å². The van der Waals surface area contributed by atoms with E-state index in [9.17, 15) is 4.79 Å². The molecule has 0 bridgehead atoms. The molecule has 1 amide bonds.